The van der Waals surface area contributed by atoms with Crippen LogP contribution in [0.3, 0.4) is 0 Å². The molecule has 2 aromatic rings. The number of carbonyl (C=O) groups is 1. The van der Waals surface area contributed by atoms with Gasteiger partial charge < -0.3 is 5.32 Å². The van der Waals surface area contributed by atoms with Crippen LogP contribution < -0.4 is 5.32 Å². The highest BCUT2D eigenvalue weighted by Gasteiger charge is 2.27. The van der Waals surface area contributed by atoms with Gasteiger partial charge in [-0.15, -0.1) is 0 Å². The molecule has 0 spiro atoms. The third kappa shape index (κ3) is 2.40. The summed E-state index contributed by atoms with van der Waals surface area (Å²) in [5, 5.41) is 2.91. The van der Waals surface area contributed by atoms with Crippen molar-refractivity contribution in [2.45, 2.75) is 20.8 Å². The van der Waals surface area contributed by atoms with Gasteiger partial charge in [-0.1, -0.05) is 28.1 Å². The number of amides is 1. The first-order chi connectivity index (χ1) is 9.97. The van der Waals surface area contributed by atoms with Crippen LogP contribution in [-0.4, -0.2) is 11.6 Å². The summed E-state index contributed by atoms with van der Waals surface area (Å²) < 4.78 is 0.948. The zero-order valence-corrected chi connectivity index (χ0v) is 13.7. The van der Waals surface area contributed by atoms with E-state index in [1.54, 1.807) is 0 Å². The molecular formula is C17H15BrN2O. The summed E-state index contributed by atoms with van der Waals surface area (Å²) in [7, 11) is 0. The average Bonchev–Trinajstić information content (AvgIpc) is 2.73. The highest BCUT2D eigenvalue weighted by Crippen LogP contribution is 2.32. The maximum atomic E-state index is 12.2. The molecule has 4 heteroatoms. The van der Waals surface area contributed by atoms with Gasteiger partial charge in [0.05, 0.1) is 11.4 Å². The lowest BCUT2D eigenvalue weighted by Gasteiger charge is -2.05. The molecular weight excluding hydrogens is 328 g/mol. The Morgan fingerprint density at radius 2 is 1.86 bits per heavy atom. The van der Waals surface area contributed by atoms with Gasteiger partial charge in [-0.05, 0) is 55.7 Å². The van der Waals surface area contributed by atoms with Crippen LogP contribution in [0.15, 0.2) is 39.8 Å². The standard InChI is InChI=1S/C17H15BrN2O/c1-9-5-4-6-14(11(9)3)19-16-13-8-12(18)7-10(2)15(13)20-17(16)21/h4-8H,1-3H3,(H,19,20,21). The lowest BCUT2D eigenvalue weighted by molar-refractivity contribution is -0.110. The van der Waals surface area contributed by atoms with E-state index in [-0.39, 0.29) is 5.91 Å². The van der Waals surface area contributed by atoms with Crippen molar-refractivity contribution < 1.29 is 4.79 Å². The van der Waals surface area contributed by atoms with Gasteiger partial charge in [0.15, 0.2) is 0 Å². The predicted molar refractivity (Wildman–Crippen MR) is 89.6 cm³/mol. The number of nitrogens with one attached hydrogen (secondary N) is 1. The first kappa shape index (κ1) is 14.0. The van der Waals surface area contributed by atoms with Gasteiger partial charge in [0.25, 0.3) is 5.91 Å². The number of nitrogens with zero attached hydrogens (tertiary/aromatic N) is 1. The van der Waals surface area contributed by atoms with Crippen molar-refractivity contribution in [3.63, 3.8) is 0 Å². The Morgan fingerprint density at radius 1 is 1.10 bits per heavy atom. The zero-order valence-electron chi connectivity index (χ0n) is 12.1. The number of anilines is 1. The van der Waals surface area contributed by atoms with Gasteiger partial charge >= 0.3 is 0 Å². The van der Waals surface area contributed by atoms with Crippen molar-refractivity contribution in [2.24, 2.45) is 4.99 Å². The van der Waals surface area contributed by atoms with Crippen LogP contribution in [0.4, 0.5) is 11.4 Å². The smallest absolute Gasteiger partial charge is 0.275 e. The minimum atomic E-state index is -0.146. The molecule has 1 N–H and O–H groups in total. The second-order valence-electron chi connectivity index (χ2n) is 5.28. The molecule has 0 unspecified atom stereocenters. The fourth-order valence-corrected chi connectivity index (χ4v) is 3.05. The molecule has 0 radical (unpaired) electrons. The van der Waals surface area contributed by atoms with E-state index in [1.807, 2.05) is 51.1 Å². The Bertz CT molecular complexity index is 794. The molecule has 1 amide bonds. The van der Waals surface area contributed by atoms with Gasteiger partial charge in [0.2, 0.25) is 0 Å². The van der Waals surface area contributed by atoms with E-state index in [9.17, 15) is 4.79 Å². The first-order valence-corrected chi connectivity index (χ1v) is 7.53. The topological polar surface area (TPSA) is 41.5 Å². The molecule has 1 heterocycles. The minimum absolute atomic E-state index is 0.146. The third-order valence-electron chi connectivity index (χ3n) is 3.82. The Balaban J connectivity index is 2.19. The Morgan fingerprint density at radius 3 is 2.62 bits per heavy atom. The summed E-state index contributed by atoms with van der Waals surface area (Å²) in [6.07, 6.45) is 0. The number of hydrogen-bond acceptors (Lipinski definition) is 2. The van der Waals surface area contributed by atoms with Crippen LogP contribution in [0.5, 0.6) is 0 Å². The molecule has 0 fully saturated rings. The molecule has 0 saturated heterocycles. The molecule has 1 aliphatic rings. The molecule has 21 heavy (non-hydrogen) atoms. The molecule has 0 aliphatic carbocycles. The normalized spacial score (nSPS) is 15.2. The predicted octanol–water partition coefficient (Wildman–Crippen LogP) is 4.45. The maximum absolute atomic E-state index is 12.2. The SMILES string of the molecule is Cc1cccc(N=C2C(=O)Nc3c(C)cc(Br)cc32)c1C. The number of halogens is 1. The second kappa shape index (κ2) is 5.11. The molecule has 3 rings (SSSR count). The number of aliphatic imine (C=N–C) groups is 1. The van der Waals surface area contributed by atoms with E-state index in [2.05, 4.69) is 26.2 Å². The Hall–Kier alpha value is -1.94. The highest BCUT2D eigenvalue weighted by atomic mass is 79.9. The van der Waals surface area contributed by atoms with Gasteiger partial charge in [-0.2, -0.15) is 0 Å². The lowest BCUT2D eigenvalue weighted by atomic mass is 10.1. The largest absolute Gasteiger partial charge is 0.320 e. The summed E-state index contributed by atoms with van der Waals surface area (Å²) in [6, 6.07) is 9.86. The molecule has 1 aliphatic heterocycles. The fraction of sp³-hybridized carbons (Fsp3) is 0.176. The molecule has 106 valence electrons. The van der Waals surface area contributed by atoms with E-state index in [0.29, 0.717) is 5.71 Å². The number of hydrogen-bond donors (Lipinski definition) is 1. The van der Waals surface area contributed by atoms with Crippen molar-refractivity contribution in [3.8, 4) is 0 Å². The highest BCUT2D eigenvalue weighted by molar-refractivity contribution is 9.10. The van der Waals surface area contributed by atoms with Crippen molar-refractivity contribution in [1.29, 1.82) is 0 Å². The van der Waals surface area contributed by atoms with E-state index >= 15 is 0 Å². The van der Waals surface area contributed by atoms with E-state index in [0.717, 1.165) is 32.5 Å². The summed E-state index contributed by atoms with van der Waals surface area (Å²) >= 11 is 3.48. The number of carbonyl (C=O) groups excluding carboxylic acids is 1. The average molecular weight is 343 g/mol. The van der Waals surface area contributed by atoms with Crippen molar-refractivity contribution >= 4 is 38.9 Å². The van der Waals surface area contributed by atoms with E-state index in [4.69, 9.17) is 0 Å². The lowest BCUT2D eigenvalue weighted by Crippen LogP contribution is -2.14. The summed E-state index contributed by atoms with van der Waals surface area (Å²) in [5.41, 5.74) is 6.31. The molecule has 0 aromatic heterocycles. The number of benzene rings is 2. The molecule has 3 nitrogen and oxygen atoms in total. The summed E-state index contributed by atoms with van der Waals surface area (Å²) in [6.45, 7) is 6.04. The molecule has 2 aromatic carbocycles. The number of rotatable bonds is 1. The summed E-state index contributed by atoms with van der Waals surface area (Å²) in [4.78, 5) is 16.8. The summed E-state index contributed by atoms with van der Waals surface area (Å²) in [5.74, 6) is -0.146. The van der Waals surface area contributed by atoms with Gasteiger partial charge in [0, 0.05) is 10.0 Å². The van der Waals surface area contributed by atoms with E-state index < -0.39 is 0 Å². The molecule has 0 atom stereocenters. The third-order valence-corrected chi connectivity index (χ3v) is 4.28. The molecule has 0 saturated carbocycles. The minimum Gasteiger partial charge on any atom is -0.320 e. The van der Waals surface area contributed by atoms with Crippen molar-refractivity contribution in [2.75, 3.05) is 5.32 Å². The second-order valence-corrected chi connectivity index (χ2v) is 6.19. The monoisotopic (exact) mass is 342 g/mol. The van der Waals surface area contributed by atoms with Crippen LogP contribution in [0.1, 0.15) is 22.3 Å². The van der Waals surface area contributed by atoms with Gasteiger partial charge in [-0.25, -0.2) is 4.99 Å². The van der Waals surface area contributed by atoms with Crippen LogP contribution in [0.2, 0.25) is 0 Å². The number of fused-ring (bicyclic) bond motifs is 1. The first-order valence-electron chi connectivity index (χ1n) is 6.74. The quantitative estimate of drug-likeness (QED) is 0.817. The van der Waals surface area contributed by atoms with Crippen molar-refractivity contribution in [3.05, 3.63) is 57.1 Å². The van der Waals surface area contributed by atoms with Crippen LogP contribution >= 0.6 is 15.9 Å². The Kier molecular flexibility index (Phi) is 3.41. The zero-order chi connectivity index (χ0) is 15.1. The van der Waals surface area contributed by atoms with E-state index in [1.165, 1.54) is 5.56 Å². The van der Waals surface area contributed by atoms with Crippen molar-refractivity contribution in [1.82, 2.24) is 0 Å². The molecule has 0 bridgehead atoms. The number of aryl methyl sites for hydroxylation is 2. The van der Waals surface area contributed by atoms with Crippen LogP contribution in [0, 0.1) is 20.8 Å². The van der Waals surface area contributed by atoms with Gasteiger partial charge in [0.1, 0.15) is 5.71 Å². The maximum Gasteiger partial charge on any atom is 0.275 e. The van der Waals surface area contributed by atoms with Crippen LogP contribution in [-0.2, 0) is 4.79 Å². The van der Waals surface area contributed by atoms with Gasteiger partial charge in [-0.3, -0.25) is 4.79 Å². The fourth-order valence-electron chi connectivity index (χ4n) is 2.48. The van der Waals surface area contributed by atoms with Crippen LogP contribution in [0.25, 0.3) is 0 Å². The Labute approximate surface area is 132 Å².